The molecular formula is C38H53N9O6S. The van der Waals surface area contributed by atoms with E-state index >= 15 is 0 Å². The standard InChI is InChI=1S/C38H53N9O6S/c1-20-17-40-46(5)28(20)32-42-25-13-14-54-30(25)35(45-32)53-24-16-27(33(49)43-26(15-21-7-6-8-21)29(48)34(50)41-23-11-12-23)47(19-24)36(51)31(38(2,3)4)44-37(52)39-18-22-9-10-22/h13-14,17,21-24,26-27,29,31,48H,6-12,15-16,18-19H2,1-5H3,(H,41,50)(H,43,49)(H2,39,44,52)/t24-,26+,27+,29?,31-/m1/s1. The largest absolute Gasteiger partial charge is 0.471 e. The second kappa shape index (κ2) is 15.4. The van der Waals surface area contributed by atoms with Crippen LogP contribution < -0.4 is 26.0 Å². The molecule has 5 N–H and O–H groups in total. The van der Waals surface area contributed by atoms with Crippen LogP contribution in [0.4, 0.5) is 4.79 Å². The van der Waals surface area contributed by atoms with Gasteiger partial charge in [-0.3, -0.25) is 19.1 Å². The highest BCUT2D eigenvalue weighted by Gasteiger charge is 2.47. The van der Waals surface area contributed by atoms with E-state index in [1.807, 2.05) is 46.2 Å². The number of aliphatic hydroxyl groups is 1. The number of nitrogens with one attached hydrogen (secondary N) is 4. The molecule has 0 spiro atoms. The summed E-state index contributed by atoms with van der Waals surface area (Å²) in [5, 5.41) is 29.2. The maximum Gasteiger partial charge on any atom is 0.315 e. The molecule has 0 radical (unpaired) electrons. The van der Waals surface area contributed by atoms with E-state index in [1.54, 1.807) is 10.9 Å². The third-order valence-corrected chi connectivity index (χ3v) is 12.0. The minimum Gasteiger partial charge on any atom is -0.471 e. The zero-order chi connectivity index (χ0) is 38.3. The third kappa shape index (κ3) is 8.64. The summed E-state index contributed by atoms with van der Waals surface area (Å²) < 4.78 is 9.06. The average Bonchev–Trinajstić information content (AvgIpc) is 3.98. The summed E-state index contributed by atoms with van der Waals surface area (Å²) in [5.74, 6) is 0.107. The van der Waals surface area contributed by atoms with Crippen molar-refractivity contribution in [3.05, 3.63) is 23.2 Å². The summed E-state index contributed by atoms with van der Waals surface area (Å²) in [4.78, 5) is 66.2. The van der Waals surface area contributed by atoms with Gasteiger partial charge in [0, 0.05) is 26.1 Å². The topological polar surface area (TPSA) is 193 Å². The number of carbonyl (C=O) groups is 4. The maximum absolute atomic E-state index is 14.6. The number of hydrogen-bond acceptors (Lipinski definition) is 10. The van der Waals surface area contributed by atoms with E-state index in [2.05, 4.69) is 26.4 Å². The summed E-state index contributed by atoms with van der Waals surface area (Å²) in [5.41, 5.74) is 1.64. The van der Waals surface area contributed by atoms with Crippen LogP contribution in [-0.4, -0.2) is 103 Å². The van der Waals surface area contributed by atoms with Crippen LogP contribution in [-0.2, 0) is 21.4 Å². The molecule has 1 saturated heterocycles. The Kier molecular flexibility index (Phi) is 10.9. The molecule has 4 aliphatic rings. The Bertz CT molecular complexity index is 1860. The molecule has 3 aliphatic carbocycles. The monoisotopic (exact) mass is 763 g/mol. The molecule has 7 rings (SSSR count). The molecule has 4 heterocycles. The lowest BCUT2D eigenvalue weighted by atomic mass is 9.79. The molecule has 0 aromatic carbocycles. The molecular weight excluding hydrogens is 711 g/mol. The fourth-order valence-electron chi connectivity index (χ4n) is 7.31. The van der Waals surface area contributed by atoms with Gasteiger partial charge < -0.3 is 36.0 Å². The van der Waals surface area contributed by atoms with Gasteiger partial charge in [-0.05, 0) is 73.3 Å². The van der Waals surface area contributed by atoms with Gasteiger partial charge in [0.2, 0.25) is 17.7 Å². The number of aliphatic hydroxyl groups excluding tert-OH is 1. The van der Waals surface area contributed by atoms with Crippen LogP contribution in [0.1, 0.15) is 84.1 Å². The van der Waals surface area contributed by atoms with Gasteiger partial charge in [0.25, 0.3) is 5.91 Å². The molecule has 3 aromatic rings. The Balaban J connectivity index is 1.16. The zero-order valence-corrected chi connectivity index (χ0v) is 32.6. The SMILES string of the molecule is Cc1cnn(C)c1-c1nc(O[C@@H]2C[C@@H](C(=O)N[C@@H](CC3CCC3)C(O)C(=O)NC3CC3)N(C(=O)[C@@H](NC(=O)NCC3CC3)C(C)(C)C)C2)c2sccc2n1. The minimum absolute atomic E-state index is 0.0455. The Hall–Kier alpha value is -4.31. The molecule has 3 aromatic heterocycles. The van der Waals surface area contributed by atoms with Gasteiger partial charge in [-0.25, -0.2) is 9.78 Å². The summed E-state index contributed by atoms with van der Waals surface area (Å²) in [6, 6.07) is -1.30. The van der Waals surface area contributed by atoms with E-state index in [-0.39, 0.29) is 24.9 Å². The van der Waals surface area contributed by atoms with Gasteiger partial charge in [0.15, 0.2) is 11.9 Å². The van der Waals surface area contributed by atoms with E-state index < -0.39 is 59.5 Å². The molecule has 4 fully saturated rings. The van der Waals surface area contributed by atoms with Crippen LogP contribution in [0.5, 0.6) is 5.88 Å². The first-order chi connectivity index (χ1) is 25.7. The fourth-order valence-corrected chi connectivity index (χ4v) is 8.07. The van der Waals surface area contributed by atoms with Crippen LogP contribution in [0.3, 0.4) is 0 Å². The van der Waals surface area contributed by atoms with Crippen molar-refractivity contribution in [1.29, 1.82) is 0 Å². The van der Waals surface area contributed by atoms with Gasteiger partial charge in [0.1, 0.15) is 28.6 Å². The number of nitrogens with zero attached hydrogens (tertiary/aromatic N) is 5. The van der Waals surface area contributed by atoms with Crippen LogP contribution in [0.2, 0.25) is 0 Å². The van der Waals surface area contributed by atoms with Crippen LogP contribution in [0.15, 0.2) is 17.6 Å². The van der Waals surface area contributed by atoms with Crippen molar-refractivity contribution in [2.24, 2.45) is 24.3 Å². The molecule has 1 aliphatic heterocycles. The molecule has 5 atom stereocenters. The number of amides is 5. The van der Waals surface area contributed by atoms with Crippen molar-refractivity contribution in [1.82, 2.24) is 45.9 Å². The second-order valence-electron chi connectivity index (χ2n) is 16.7. The summed E-state index contributed by atoms with van der Waals surface area (Å²) in [7, 11) is 1.82. The van der Waals surface area contributed by atoms with Gasteiger partial charge in [-0.15, -0.1) is 11.3 Å². The Morgan fingerprint density at radius 1 is 1.06 bits per heavy atom. The van der Waals surface area contributed by atoms with Crippen molar-refractivity contribution in [2.75, 3.05) is 13.1 Å². The molecule has 292 valence electrons. The predicted molar refractivity (Wildman–Crippen MR) is 202 cm³/mol. The molecule has 0 bridgehead atoms. The fraction of sp³-hybridized carbons (Fsp3) is 0.658. The minimum atomic E-state index is -1.44. The van der Waals surface area contributed by atoms with E-state index in [0.717, 1.165) is 60.9 Å². The number of likely N-dealkylation sites (tertiary alicyclic amines) is 1. The highest BCUT2D eigenvalue weighted by Crippen LogP contribution is 2.36. The first kappa shape index (κ1) is 38.0. The van der Waals surface area contributed by atoms with E-state index in [4.69, 9.17) is 14.7 Å². The Labute approximate surface area is 319 Å². The number of aryl methyl sites for hydroxylation is 2. The lowest BCUT2D eigenvalue weighted by molar-refractivity contribution is -0.143. The highest BCUT2D eigenvalue weighted by molar-refractivity contribution is 7.17. The van der Waals surface area contributed by atoms with Crippen molar-refractivity contribution >= 4 is 45.3 Å². The Morgan fingerprint density at radius 2 is 1.81 bits per heavy atom. The van der Waals surface area contributed by atoms with Crippen molar-refractivity contribution in [3.63, 3.8) is 0 Å². The van der Waals surface area contributed by atoms with Gasteiger partial charge in [-0.2, -0.15) is 10.1 Å². The zero-order valence-electron chi connectivity index (χ0n) is 31.8. The number of hydrogen-bond donors (Lipinski definition) is 5. The van der Waals surface area contributed by atoms with Crippen LogP contribution >= 0.6 is 11.3 Å². The number of rotatable bonds is 14. The summed E-state index contributed by atoms with van der Waals surface area (Å²) in [6.45, 7) is 8.13. The number of urea groups is 1. The normalized spacial score (nSPS) is 21.9. The van der Waals surface area contributed by atoms with Gasteiger partial charge in [0.05, 0.1) is 24.3 Å². The van der Waals surface area contributed by atoms with E-state index in [1.165, 1.54) is 16.2 Å². The van der Waals surface area contributed by atoms with E-state index in [0.29, 0.717) is 36.1 Å². The average molecular weight is 764 g/mol. The van der Waals surface area contributed by atoms with Crippen molar-refractivity contribution in [3.8, 4) is 17.4 Å². The molecule has 3 saturated carbocycles. The predicted octanol–water partition coefficient (Wildman–Crippen LogP) is 3.19. The lowest BCUT2D eigenvalue weighted by Crippen LogP contribution is -2.60. The molecule has 16 heteroatoms. The first-order valence-corrected chi connectivity index (χ1v) is 20.2. The maximum atomic E-state index is 14.6. The van der Waals surface area contributed by atoms with Crippen molar-refractivity contribution in [2.45, 2.75) is 122 Å². The number of aromatic nitrogens is 4. The quantitative estimate of drug-likeness (QED) is 0.164. The van der Waals surface area contributed by atoms with Gasteiger partial charge >= 0.3 is 6.03 Å². The molecule has 1 unspecified atom stereocenters. The second-order valence-corrected chi connectivity index (χ2v) is 17.7. The number of carbonyl (C=O) groups excluding carboxylic acids is 4. The third-order valence-electron chi connectivity index (χ3n) is 11.1. The van der Waals surface area contributed by atoms with Crippen LogP contribution in [0.25, 0.3) is 21.7 Å². The first-order valence-electron chi connectivity index (χ1n) is 19.3. The smallest absolute Gasteiger partial charge is 0.315 e. The van der Waals surface area contributed by atoms with E-state index in [9.17, 15) is 24.3 Å². The summed E-state index contributed by atoms with van der Waals surface area (Å²) >= 11 is 1.44. The highest BCUT2D eigenvalue weighted by atomic mass is 32.1. The molecule has 15 nitrogen and oxygen atoms in total. The van der Waals surface area contributed by atoms with Gasteiger partial charge in [-0.1, -0.05) is 40.0 Å². The Morgan fingerprint density at radius 3 is 2.44 bits per heavy atom. The molecule has 54 heavy (non-hydrogen) atoms. The van der Waals surface area contributed by atoms with Crippen LogP contribution in [0, 0.1) is 24.2 Å². The number of ether oxygens (including phenoxy) is 1. The lowest BCUT2D eigenvalue weighted by Gasteiger charge is -2.36. The summed E-state index contributed by atoms with van der Waals surface area (Å²) in [6.07, 6.45) is 7.11. The number of fused-ring (bicyclic) bond motifs is 1. The molecule has 5 amide bonds. The number of thiophene rings is 1. The van der Waals surface area contributed by atoms with Crippen molar-refractivity contribution < 1.29 is 29.0 Å².